The van der Waals surface area contributed by atoms with Crippen LogP contribution in [-0.4, -0.2) is 26.0 Å². The van der Waals surface area contributed by atoms with Crippen LogP contribution in [0.1, 0.15) is 37.0 Å². The number of ether oxygens (including phenoxy) is 1. The highest BCUT2D eigenvalue weighted by Crippen LogP contribution is 2.64. The summed E-state index contributed by atoms with van der Waals surface area (Å²) < 4.78 is 8.01. The lowest BCUT2D eigenvalue weighted by atomic mass is 9.78. The van der Waals surface area contributed by atoms with Crippen LogP contribution in [0.5, 0.6) is 11.8 Å². The van der Waals surface area contributed by atoms with Gasteiger partial charge in [-0.05, 0) is 54.6 Å². The summed E-state index contributed by atoms with van der Waals surface area (Å²) in [6.07, 6.45) is -0.393. The molecule has 7 heteroatoms. The van der Waals surface area contributed by atoms with Gasteiger partial charge in [0.15, 0.2) is 0 Å². The Morgan fingerprint density at radius 2 is 1.96 bits per heavy atom. The zero-order chi connectivity index (χ0) is 17.4. The summed E-state index contributed by atoms with van der Waals surface area (Å²) in [6, 6.07) is 7.12. The van der Waals surface area contributed by atoms with E-state index in [1.165, 1.54) is 4.57 Å². The summed E-state index contributed by atoms with van der Waals surface area (Å²) in [6.45, 7) is 3.53. The van der Waals surface area contributed by atoms with Crippen LogP contribution in [0.15, 0.2) is 18.2 Å². The fourth-order valence-corrected chi connectivity index (χ4v) is 4.63. The van der Waals surface area contributed by atoms with Gasteiger partial charge in [0, 0.05) is 9.99 Å². The van der Waals surface area contributed by atoms with Crippen molar-refractivity contribution < 1.29 is 20.1 Å². The predicted octanol–water partition coefficient (Wildman–Crippen LogP) is 2.59. The van der Waals surface area contributed by atoms with Crippen LogP contribution in [0, 0.1) is 14.9 Å². The lowest BCUT2D eigenvalue weighted by Gasteiger charge is -2.25. The van der Waals surface area contributed by atoms with Crippen LogP contribution >= 0.6 is 22.6 Å². The molecule has 4 rings (SSSR count). The minimum Gasteiger partial charge on any atom is -0.494 e. The van der Waals surface area contributed by atoms with E-state index in [4.69, 9.17) is 10.00 Å². The second-order valence-corrected chi connectivity index (χ2v) is 7.83. The van der Waals surface area contributed by atoms with Crippen molar-refractivity contribution in [2.45, 2.75) is 37.6 Å². The molecule has 1 unspecified atom stereocenters. The maximum atomic E-state index is 10.8. The molecule has 0 radical (unpaired) electrons. The van der Waals surface area contributed by atoms with Gasteiger partial charge in [0.05, 0.1) is 34.1 Å². The van der Waals surface area contributed by atoms with E-state index in [0.717, 1.165) is 3.57 Å². The molecule has 2 aromatic rings. The van der Waals surface area contributed by atoms with Gasteiger partial charge in [-0.25, -0.2) is 0 Å². The van der Waals surface area contributed by atoms with Gasteiger partial charge in [-0.2, -0.15) is 5.26 Å². The standard InChI is InChI=1S/C17H15IN2O4/c1-16-6-11(21)17(2,24-16)13-12(16)14(22)20(15(13)23)9-4-3-8(7-19)10(18)5-9/h3-5,11,21-23H,6H2,1-2H3/t11-,16?,17-/m1/s1. The molecule has 24 heavy (non-hydrogen) atoms. The summed E-state index contributed by atoms with van der Waals surface area (Å²) in [5.74, 6) is -0.242. The molecule has 2 aliphatic heterocycles. The van der Waals surface area contributed by atoms with Crippen molar-refractivity contribution in [1.29, 1.82) is 5.26 Å². The molecule has 1 aromatic heterocycles. The van der Waals surface area contributed by atoms with Crippen LogP contribution in [0.2, 0.25) is 0 Å². The largest absolute Gasteiger partial charge is 0.494 e. The molecule has 0 aliphatic carbocycles. The predicted molar refractivity (Wildman–Crippen MR) is 92.9 cm³/mol. The average molecular weight is 438 g/mol. The Balaban J connectivity index is 1.98. The number of nitrogens with zero attached hydrogens (tertiary/aromatic N) is 2. The zero-order valence-corrected chi connectivity index (χ0v) is 15.2. The lowest BCUT2D eigenvalue weighted by molar-refractivity contribution is -0.0936. The first-order valence-electron chi connectivity index (χ1n) is 7.49. The number of rotatable bonds is 1. The van der Waals surface area contributed by atoms with Crippen molar-refractivity contribution in [3.63, 3.8) is 0 Å². The summed E-state index contributed by atoms with van der Waals surface area (Å²) in [4.78, 5) is 0. The van der Waals surface area contributed by atoms with Gasteiger partial charge in [0.1, 0.15) is 11.7 Å². The molecule has 1 aromatic carbocycles. The Bertz CT molecular complexity index is 932. The minimum atomic E-state index is -1.04. The van der Waals surface area contributed by atoms with E-state index in [-0.39, 0.29) is 11.8 Å². The first-order valence-corrected chi connectivity index (χ1v) is 8.56. The molecule has 3 N–H and O–H groups in total. The molecule has 2 bridgehead atoms. The highest BCUT2D eigenvalue weighted by Gasteiger charge is 2.64. The van der Waals surface area contributed by atoms with E-state index in [2.05, 4.69) is 6.07 Å². The summed E-state index contributed by atoms with van der Waals surface area (Å²) in [5.41, 5.74) is 0.139. The second kappa shape index (κ2) is 4.65. The Kier molecular flexibility index (Phi) is 3.05. The topological polar surface area (TPSA) is 98.6 Å². The average Bonchev–Trinajstić information content (AvgIpc) is 3.01. The Morgan fingerprint density at radius 1 is 1.29 bits per heavy atom. The highest BCUT2D eigenvalue weighted by molar-refractivity contribution is 14.1. The molecule has 6 nitrogen and oxygen atoms in total. The first-order chi connectivity index (χ1) is 11.2. The Morgan fingerprint density at radius 3 is 2.58 bits per heavy atom. The quantitative estimate of drug-likeness (QED) is 0.595. The van der Waals surface area contributed by atoms with E-state index in [1.54, 1.807) is 32.0 Å². The van der Waals surface area contributed by atoms with Gasteiger partial charge >= 0.3 is 0 Å². The molecule has 0 saturated carbocycles. The number of aromatic hydroxyl groups is 2. The fraction of sp³-hybridized carbons (Fsp3) is 0.353. The van der Waals surface area contributed by atoms with Gasteiger partial charge in [-0.3, -0.25) is 4.57 Å². The van der Waals surface area contributed by atoms with Crippen molar-refractivity contribution in [2.75, 3.05) is 0 Å². The number of halogens is 1. The normalized spacial score (nSPS) is 30.4. The molecule has 0 spiro atoms. The van der Waals surface area contributed by atoms with Crippen LogP contribution in [0.4, 0.5) is 0 Å². The third-order valence-electron chi connectivity index (χ3n) is 5.13. The maximum Gasteiger partial charge on any atom is 0.205 e. The van der Waals surface area contributed by atoms with Crippen LogP contribution < -0.4 is 0 Å². The number of benzene rings is 1. The van der Waals surface area contributed by atoms with E-state index >= 15 is 0 Å². The SMILES string of the molecule is CC12C[C@@H](O)[C@@](C)(O1)c1c2c(O)n(-c2ccc(C#N)c(I)c2)c1O. The maximum absolute atomic E-state index is 10.8. The number of aromatic nitrogens is 1. The van der Waals surface area contributed by atoms with Crippen molar-refractivity contribution in [3.8, 4) is 23.5 Å². The summed E-state index contributed by atoms with van der Waals surface area (Å²) in [7, 11) is 0. The van der Waals surface area contributed by atoms with Gasteiger partial charge in [0.2, 0.25) is 11.8 Å². The number of hydrogen-bond donors (Lipinski definition) is 3. The summed E-state index contributed by atoms with van der Waals surface area (Å²) >= 11 is 2.04. The summed E-state index contributed by atoms with van der Waals surface area (Å²) in [5, 5.41) is 40.9. The Labute approximate surface area is 152 Å². The third-order valence-corrected chi connectivity index (χ3v) is 6.03. The van der Waals surface area contributed by atoms with Gasteiger partial charge in [-0.15, -0.1) is 0 Å². The van der Waals surface area contributed by atoms with Gasteiger partial charge in [0.25, 0.3) is 0 Å². The molecule has 3 atom stereocenters. The van der Waals surface area contributed by atoms with Gasteiger partial charge < -0.3 is 20.1 Å². The van der Waals surface area contributed by atoms with Crippen molar-refractivity contribution in [1.82, 2.24) is 4.57 Å². The lowest BCUT2D eigenvalue weighted by Crippen LogP contribution is -2.32. The van der Waals surface area contributed by atoms with E-state index in [0.29, 0.717) is 28.8 Å². The third kappa shape index (κ3) is 1.71. The van der Waals surface area contributed by atoms with Crippen molar-refractivity contribution in [3.05, 3.63) is 38.5 Å². The smallest absolute Gasteiger partial charge is 0.205 e. The van der Waals surface area contributed by atoms with Crippen LogP contribution in [0.3, 0.4) is 0 Å². The molecule has 3 heterocycles. The molecular weight excluding hydrogens is 423 g/mol. The van der Waals surface area contributed by atoms with E-state index < -0.39 is 17.3 Å². The van der Waals surface area contributed by atoms with E-state index in [9.17, 15) is 15.3 Å². The molecule has 0 amide bonds. The minimum absolute atomic E-state index is 0.0962. The first kappa shape index (κ1) is 15.7. The van der Waals surface area contributed by atoms with Crippen molar-refractivity contribution in [2.24, 2.45) is 0 Å². The molecule has 1 fully saturated rings. The number of aliphatic hydroxyl groups excluding tert-OH is 1. The van der Waals surface area contributed by atoms with E-state index in [1.807, 2.05) is 22.6 Å². The number of hydrogen-bond acceptors (Lipinski definition) is 5. The molecule has 124 valence electrons. The fourth-order valence-electron chi connectivity index (χ4n) is 4.01. The molecule has 1 saturated heterocycles. The number of aliphatic hydroxyl groups is 1. The molecular formula is C17H15IN2O4. The monoisotopic (exact) mass is 438 g/mol. The molecule has 2 aliphatic rings. The number of nitriles is 1. The number of fused-ring (bicyclic) bond motifs is 5. The van der Waals surface area contributed by atoms with Crippen molar-refractivity contribution >= 4 is 22.6 Å². The van der Waals surface area contributed by atoms with Crippen LogP contribution in [0.25, 0.3) is 5.69 Å². The highest BCUT2D eigenvalue weighted by atomic mass is 127. The zero-order valence-electron chi connectivity index (χ0n) is 13.0. The van der Waals surface area contributed by atoms with Gasteiger partial charge in [-0.1, -0.05) is 0 Å². The van der Waals surface area contributed by atoms with Crippen LogP contribution in [-0.2, 0) is 15.9 Å². The second-order valence-electron chi connectivity index (χ2n) is 6.67. The Hall–Kier alpha value is -1.76.